The van der Waals surface area contributed by atoms with E-state index in [0.717, 1.165) is 6.07 Å². The molecule has 7 N–H and O–H groups in total. The lowest BCUT2D eigenvalue weighted by Crippen LogP contribution is -2.46. The molecule has 2 aliphatic rings. The molecule has 4 aromatic carbocycles. The molecule has 4 aromatic rings. The van der Waals surface area contributed by atoms with Gasteiger partial charge in [0.1, 0.15) is 29.1 Å². The minimum Gasteiger partial charge on any atom is -0.508 e. The van der Waals surface area contributed by atoms with Gasteiger partial charge in [0.2, 0.25) is 0 Å². The van der Waals surface area contributed by atoms with Crippen LogP contribution in [0, 0.1) is 11.8 Å². The molecule has 1 aliphatic carbocycles. The molecule has 6 rings (SSSR count). The molecule has 4 atom stereocenters. The van der Waals surface area contributed by atoms with Crippen LogP contribution in [0.3, 0.4) is 0 Å². The quantitative estimate of drug-likeness (QED) is 0.146. The van der Waals surface area contributed by atoms with Crippen molar-refractivity contribution < 1.29 is 50.1 Å². The zero-order valence-electron chi connectivity index (χ0n) is 20.5. The van der Waals surface area contributed by atoms with Crippen LogP contribution in [0.4, 0.5) is 0 Å². The Hall–Kier alpha value is -5.38. The number of hydrogen-bond acceptors (Lipinski definition) is 10. The summed E-state index contributed by atoms with van der Waals surface area (Å²) in [5.74, 6) is -7.59. The van der Waals surface area contributed by atoms with E-state index < -0.39 is 64.2 Å². The van der Waals surface area contributed by atoms with Crippen LogP contribution >= 0.6 is 0 Å². The molecule has 1 aliphatic heterocycles. The summed E-state index contributed by atoms with van der Waals surface area (Å²) in [6.07, 6.45) is -1.15. The lowest BCUT2D eigenvalue weighted by atomic mass is 9.60. The van der Waals surface area contributed by atoms with E-state index >= 15 is 0 Å². The summed E-state index contributed by atoms with van der Waals surface area (Å²) in [7, 11) is 0. The van der Waals surface area contributed by atoms with E-state index in [2.05, 4.69) is 0 Å². The number of phenols is 7. The van der Waals surface area contributed by atoms with Gasteiger partial charge in [-0.15, -0.1) is 0 Å². The number of hydrogen-bond donors (Lipinski definition) is 7. The number of rotatable bonds is 3. The van der Waals surface area contributed by atoms with Crippen molar-refractivity contribution in [1.82, 2.24) is 0 Å². The van der Waals surface area contributed by atoms with Crippen molar-refractivity contribution in [3.63, 3.8) is 0 Å². The van der Waals surface area contributed by atoms with Gasteiger partial charge in [-0.3, -0.25) is 9.59 Å². The summed E-state index contributed by atoms with van der Waals surface area (Å²) >= 11 is 0. The summed E-state index contributed by atoms with van der Waals surface area (Å²) in [6.45, 7) is 0. The highest BCUT2D eigenvalue weighted by Gasteiger charge is 2.54. The fraction of sp³-hybridized carbons (Fsp3) is 0.133. The minimum atomic E-state index is -1.30. The van der Waals surface area contributed by atoms with E-state index in [1.165, 1.54) is 60.7 Å². The molecule has 0 bridgehead atoms. The summed E-state index contributed by atoms with van der Waals surface area (Å²) in [6, 6.07) is 13.7. The summed E-state index contributed by atoms with van der Waals surface area (Å²) in [5.41, 5.74) is 0.769. The lowest BCUT2D eigenvalue weighted by Gasteiger charge is -2.45. The second-order valence-corrected chi connectivity index (χ2v) is 9.90. The normalized spacial score (nSPS) is 21.1. The van der Waals surface area contributed by atoms with Gasteiger partial charge in [0, 0.05) is 29.5 Å². The highest BCUT2D eigenvalue weighted by atomic mass is 16.5. The first-order valence-electron chi connectivity index (χ1n) is 12.2. The molecule has 0 spiro atoms. The van der Waals surface area contributed by atoms with E-state index in [1.807, 2.05) is 0 Å². The third-order valence-corrected chi connectivity index (χ3v) is 7.59. The molecule has 0 saturated carbocycles. The molecule has 0 radical (unpaired) electrons. The molecule has 0 amide bonds. The highest BCUT2D eigenvalue weighted by Crippen LogP contribution is 2.57. The largest absolute Gasteiger partial charge is 0.508 e. The first-order valence-corrected chi connectivity index (χ1v) is 12.2. The molecule has 0 saturated heterocycles. The topological polar surface area (TPSA) is 185 Å². The number of carbonyl (C=O) groups is 2. The van der Waals surface area contributed by atoms with Gasteiger partial charge in [0.25, 0.3) is 0 Å². The van der Waals surface area contributed by atoms with Crippen molar-refractivity contribution in [2.75, 3.05) is 0 Å². The molecule has 202 valence electrons. The van der Waals surface area contributed by atoms with Crippen molar-refractivity contribution in [2.24, 2.45) is 11.8 Å². The number of aromatic hydroxyl groups is 7. The van der Waals surface area contributed by atoms with Gasteiger partial charge in [-0.25, -0.2) is 0 Å². The molecular weight excluding hydrogens is 520 g/mol. The second-order valence-electron chi connectivity index (χ2n) is 9.90. The van der Waals surface area contributed by atoms with Crippen molar-refractivity contribution in [3.8, 4) is 46.0 Å². The zero-order chi connectivity index (χ0) is 28.5. The molecule has 0 unspecified atom stereocenters. The number of ketones is 2. The maximum absolute atomic E-state index is 14.3. The Bertz CT molecular complexity index is 1730. The lowest BCUT2D eigenvalue weighted by molar-refractivity contribution is 0.0378. The minimum absolute atomic E-state index is 0.0594. The number of fused-ring (bicyclic) bond motifs is 4. The van der Waals surface area contributed by atoms with Gasteiger partial charge >= 0.3 is 0 Å². The number of Topliss-reactive ketones (excluding diaryl/α,β-unsaturated/α-hetero) is 2. The number of carbonyl (C=O) groups excluding carboxylic acids is 2. The first kappa shape index (κ1) is 24.9. The molecule has 40 heavy (non-hydrogen) atoms. The fourth-order valence-corrected chi connectivity index (χ4v) is 5.82. The average Bonchev–Trinajstić information content (AvgIpc) is 2.90. The van der Waals surface area contributed by atoms with Crippen LogP contribution in [-0.2, 0) is 0 Å². The van der Waals surface area contributed by atoms with Gasteiger partial charge in [0.05, 0.1) is 17.0 Å². The standard InChI is InChI=1S/C30H22O10/c31-13-2-4-15(20(34)8-13)28(38)26-25(12-1-6-19(33)21(35)7-12)17-10-22(36)23(37)11-18(17)30-27(26)29(39)16-5-3-14(32)9-24(16)40-30/h1-11,25-27,30-37H/t25-,26+,27+,30-/m1/s1. The monoisotopic (exact) mass is 542 g/mol. The Morgan fingerprint density at radius 3 is 2.00 bits per heavy atom. The predicted molar refractivity (Wildman–Crippen MR) is 138 cm³/mol. The highest BCUT2D eigenvalue weighted by molar-refractivity contribution is 6.09. The molecule has 10 nitrogen and oxygen atoms in total. The van der Waals surface area contributed by atoms with Crippen LogP contribution in [0.25, 0.3) is 0 Å². The molecule has 10 heteroatoms. The molecule has 0 fully saturated rings. The predicted octanol–water partition coefficient (Wildman–Crippen LogP) is 4.20. The third-order valence-electron chi connectivity index (χ3n) is 7.59. The maximum Gasteiger partial charge on any atom is 0.174 e. The summed E-state index contributed by atoms with van der Waals surface area (Å²) in [5, 5.41) is 71.5. The van der Waals surface area contributed by atoms with Gasteiger partial charge < -0.3 is 40.5 Å². The summed E-state index contributed by atoms with van der Waals surface area (Å²) < 4.78 is 6.18. The maximum atomic E-state index is 14.3. The van der Waals surface area contributed by atoms with Crippen LogP contribution in [0.1, 0.15) is 49.4 Å². The number of ether oxygens (including phenoxy) is 1. The Balaban J connectivity index is 1.66. The SMILES string of the molecule is O=C1c2ccc(O)cc2O[C@@H]2c3cc(O)c(O)cc3[C@@H](c3ccc(O)c(O)c3)[C@H](C(=O)c3ccc(O)cc3O)[C@@H]12. The van der Waals surface area contributed by atoms with Crippen molar-refractivity contribution in [1.29, 1.82) is 0 Å². The van der Waals surface area contributed by atoms with Crippen LogP contribution in [0.5, 0.6) is 46.0 Å². The van der Waals surface area contributed by atoms with E-state index in [9.17, 15) is 45.3 Å². The fourth-order valence-electron chi connectivity index (χ4n) is 5.82. The Kier molecular flexibility index (Phi) is 5.51. The van der Waals surface area contributed by atoms with Crippen LogP contribution in [0.15, 0.2) is 66.7 Å². The van der Waals surface area contributed by atoms with E-state index in [1.54, 1.807) is 0 Å². The number of benzene rings is 4. The van der Waals surface area contributed by atoms with Crippen molar-refractivity contribution in [2.45, 2.75) is 12.0 Å². The van der Waals surface area contributed by atoms with Gasteiger partial charge in [-0.05, 0) is 59.7 Å². The van der Waals surface area contributed by atoms with Crippen LogP contribution in [-0.4, -0.2) is 47.3 Å². The summed E-state index contributed by atoms with van der Waals surface area (Å²) in [4.78, 5) is 28.4. The van der Waals surface area contributed by atoms with Gasteiger partial charge in [-0.2, -0.15) is 0 Å². The molecule has 1 heterocycles. The van der Waals surface area contributed by atoms with Gasteiger partial charge in [-0.1, -0.05) is 6.07 Å². The van der Waals surface area contributed by atoms with Gasteiger partial charge in [0.15, 0.2) is 34.6 Å². The van der Waals surface area contributed by atoms with E-state index in [-0.39, 0.29) is 39.5 Å². The number of phenolic OH excluding ortho intramolecular Hbond substituents is 7. The van der Waals surface area contributed by atoms with Crippen molar-refractivity contribution >= 4 is 11.6 Å². The van der Waals surface area contributed by atoms with Crippen molar-refractivity contribution in [3.05, 3.63) is 94.5 Å². The Labute approximate surface area is 226 Å². The second kappa shape index (κ2) is 8.84. The van der Waals surface area contributed by atoms with Crippen LogP contribution < -0.4 is 4.74 Å². The molecular formula is C30H22O10. The van der Waals surface area contributed by atoms with E-state index in [4.69, 9.17) is 4.74 Å². The first-order chi connectivity index (χ1) is 19.0. The molecule has 0 aromatic heterocycles. The van der Waals surface area contributed by atoms with Crippen LogP contribution in [0.2, 0.25) is 0 Å². The third kappa shape index (κ3) is 3.72. The smallest absolute Gasteiger partial charge is 0.174 e. The zero-order valence-corrected chi connectivity index (χ0v) is 20.5. The Morgan fingerprint density at radius 1 is 0.650 bits per heavy atom. The Morgan fingerprint density at radius 2 is 1.30 bits per heavy atom. The average molecular weight is 542 g/mol. The van der Waals surface area contributed by atoms with E-state index in [0.29, 0.717) is 5.56 Å².